The van der Waals surface area contributed by atoms with Crippen molar-refractivity contribution in [3.63, 3.8) is 0 Å². The Bertz CT molecular complexity index is 391. The molecular formula is C6H7N5. The van der Waals surface area contributed by atoms with Gasteiger partial charge in [-0.1, -0.05) is 0 Å². The summed E-state index contributed by atoms with van der Waals surface area (Å²) in [5.41, 5.74) is 11.5. The number of nitrogens with zero attached hydrogens (tertiary/aromatic N) is 3. The van der Waals surface area contributed by atoms with E-state index in [4.69, 9.17) is 11.5 Å². The number of nitrogens with two attached hydrogens (primary N) is 2. The third kappa shape index (κ3) is 0.861. The molecule has 0 aliphatic carbocycles. The molecule has 0 aliphatic rings. The van der Waals surface area contributed by atoms with Gasteiger partial charge in [-0.2, -0.15) is 4.98 Å². The molecule has 0 amide bonds. The lowest BCUT2D eigenvalue weighted by atomic mass is 10.6. The second-order valence-electron chi connectivity index (χ2n) is 2.26. The minimum absolute atomic E-state index is 0.447. The SMILES string of the molecule is Nc1cnc2nc(N)cn2c1. The molecule has 11 heavy (non-hydrogen) atoms. The molecule has 0 radical (unpaired) electrons. The zero-order valence-electron chi connectivity index (χ0n) is 5.73. The van der Waals surface area contributed by atoms with Crippen LogP contribution in [-0.2, 0) is 0 Å². The van der Waals surface area contributed by atoms with Crippen LogP contribution in [0.25, 0.3) is 5.78 Å². The van der Waals surface area contributed by atoms with E-state index in [1.807, 2.05) is 0 Å². The Morgan fingerprint density at radius 3 is 2.91 bits per heavy atom. The summed E-state index contributed by atoms with van der Waals surface area (Å²) in [6, 6.07) is 0. The molecule has 0 unspecified atom stereocenters. The highest BCUT2D eigenvalue weighted by Crippen LogP contribution is 2.05. The molecule has 5 heteroatoms. The van der Waals surface area contributed by atoms with Gasteiger partial charge < -0.3 is 11.5 Å². The summed E-state index contributed by atoms with van der Waals surface area (Å²) in [5.74, 6) is 1.01. The van der Waals surface area contributed by atoms with E-state index in [9.17, 15) is 0 Å². The third-order valence-corrected chi connectivity index (χ3v) is 1.35. The van der Waals surface area contributed by atoms with Gasteiger partial charge in [0.25, 0.3) is 0 Å². The summed E-state index contributed by atoms with van der Waals surface area (Å²) in [6.07, 6.45) is 4.92. The standard InChI is InChI=1S/C6H7N5/c7-4-1-9-6-10-5(8)3-11(6)2-4/h1-3H,7-8H2. The van der Waals surface area contributed by atoms with Gasteiger partial charge in [-0.05, 0) is 0 Å². The van der Waals surface area contributed by atoms with Crippen LogP contribution in [0.4, 0.5) is 11.5 Å². The molecule has 0 aliphatic heterocycles. The Kier molecular flexibility index (Phi) is 1.00. The lowest BCUT2D eigenvalue weighted by Gasteiger charge is -1.91. The maximum Gasteiger partial charge on any atom is 0.235 e. The number of hydrogen-bond donors (Lipinski definition) is 2. The second kappa shape index (κ2) is 1.85. The van der Waals surface area contributed by atoms with Crippen LogP contribution >= 0.6 is 0 Å². The maximum atomic E-state index is 5.48. The number of rotatable bonds is 0. The minimum atomic E-state index is 0.447. The zero-order valence-corrected chi connectivity index (χ0v) is 5.73. The van der Waals surface area contributed by atoms with Crippen molar-refractivity contribution in [1.82, 2.24) is 14.4 Å². The van der Waals surface area contributed by atoms with E-state index in [0.717, 1.165) is 0 Å². The van der Waals surface area contributed by atoms with Crippen LogP contribution in [0.5, 0.6) is 0 Å². The monoisotopic (exact) mass is 149 g/mol. The quantitative estimate of drug-likeness (QED) is 0.547. The zero-order chi connectivity index (χ0) is 7.84. The summed E-state index contributed by atoms with van der Waals surface area (Å²) in [4.78, 5) is 7.88. The van der Waals surface area contributed by atoms with Gasteiger partial charge in [-0.15, -0.1) is 0 Å². The molecule has 0 fully saturated rings. The largest absolute Gasteiger partial charge is 0.396 e. The van der Waals surface area contributed by atoms with Crippen molar-refractivity contribution in [3.05, 3.63) is 18.6 Å². The summed E-state index contributed by atoms with van der Waals surface area (Å²) >= 11 is 0. The van der Waals surface area contributed by atoms with Gasteiger partial charge in [-0.25, -0.2) is 4.98 Å². The number of imidazole rings is 1. The van der Waals surface area contributed by atoms with Crippen molar-refractivity contribution < 1.29 is 0 Å². The molecular weight excluding hydrogens is 142 g/mol. The molecule has 56 valence electrons. The van der Waals surface area contributed by atoms with E-state index in [1.165, 1.54) is 0 Å². The van der Waals surface area contributed by atoms with Crippen LogP contribution in [0.15, 0.2) is 18.6 Å². The van der Waals surface area contributed by atoms with E-state index in [2.05, 4.69) is 9.97 Å². The molecule has 5 nitrogen and oxygen atoms in total. The molecule has 2 aromatic rings. The van der Waals surface area contributed by atoms with Gasteiger partial charge >= 0.3 is 0 Å². The number of anilines is 2. The lowest BCUT2D eigenvalue weighted by molar-refractivity contribution is 1.11. The highest BCUT2D eigenvalue weighted by molar-refractivity contribution is 5.44. The normalized spacial score (nSPS) is 10.5. The van der Waals surface area contributed by atoms with Crippen LogP contribution < -0.4 is 11.5 Å². The summed E-state index contributed by atoms with van der Waals surface area (Å²) in [7, 11) is 0. The minimum Gasteiger partial charge on any atom is -0.396 e. The summed E-state index contributed by atoms with van der Waals surface area (Å²) in [6.45, 7) is 0. The third-order valence-electron chi connectivity index (χ3n) is 1.35. The van der Waals surface area contributed by atoms with E-state index in [0.29, 0.717) is 17.3 Å². The van der Waals surface area contributed by atoms with Crippen LogP contribution in [0.3, 0.4) is 0 Å². The average molecular weight is 149 g/mol. The Morgan fingerprint density at radius 2 is 2.09 bits per heavy atom. The second-order valence-corrected chi connectivity index (χ2v) is 2.26. The van der Waals surface area contributed by atoms with Crippen molar-refractivity contribution in [2.24, 2.45) is 0 Å². The Hall–Kier alpha value is -1.78. The van der Waals surface area contributed by atoms with Crippen molar-refractivity contribution in [2.45, 2.75) is 0 Å². The van der Waals surface area contributed by atoms with Gasteiger partial charge in [0, 0.05) is 6.20 Å². The Balaban J connectivity index is 2.82. The lowest BCUT2D eigenvalue weighted by Crippen LogP contribution is -1.91. The highest BCUT2D eigenvalue weighted by Gasteiger charge is 1.97. The summed E-state index contributed by atoms with van der Waals surface area (Å²) < 4.78 is 1.69. The Labute approximate surface area is 62.7 Å². The first-order valence-electron chi connectivity index (χ1n) is 3.11. The topological polar surface area (TPSA) is 82.2 Å². The molecule has 2 heterocycles. The molecule has 0 atom stereocenters. The van der Waals surface area contributed by atoms with E-state index in [-0.39, 0.29) is 0 Å². The van der Waals surface area contributed by atoms with Crippen molar-refractivity contribution in [2.75, 3.05) is 11.5 Å². The molecule has 0 bridgehead atoms. The van der Waals surface area contributed by atoms with Gasteiger partial charge in [-0.3, -0.25) is 4.40 Å². The number of aromatic nitrogens is 3. The van der Waals surface area contributed by atoms with Crippen LogP contribution in [0, 0.1) is 0 Å². The van der Waals surface area contributed by atoms with E-state index in [1.54, 1.807) is 23.0 Å². The van der Waals surface area contributed by atoms with E-state index >= 15 is 0 Å². The average Bonchev–Trinajstić information content (AvgIpc) is 2.27. The van der Waals surface area contributed by atoms with Crippen molar-refractivity contribution in [3.8, 4) is 0 Å². The van der Waals surface area contributed by atoms with Gasteiger partial charge in [0.1, 0.15) is 5.82 Å². The molecule has 0 saturated carbocycles. The van der Waals surface area contributed by atoms with Gasteiger partial charge in [0.2, 0.25) is 5.78 Å². The predicted octanol–water partition coefficient (Wildman–Crippen LogP) is -0.106. The fourth-order valence-electron chi connectivity index (χ4n) is 0.919. The summed E-state index contributed by atoms with van der Waals surface area (Å²) in [5, 5.41) is 0. The maximum absolute atomic E-state index is 5.48. The van der Waals surface area contributed by atoms with Crippen molar-refractivity contribution in [1.29, 1.82) is 0 Å². The first kappa shape index (κ1) is 5.96. The van der Waals surface area contributed by atoms with Crippen molar-refractivity contribution >= 4 is 17.3 Å². The molecule has 4 N–H and O–H groups in total. The van der Waals surface area contributed by atoms with E-state index < -0.39 is 0 Å². The molecule has 0 aromatic carbocycles. The number of nitrogen functional groups attached to an aromatic ring is 2. The van der Waals surface area contributed by atoms with Gasteiger partial charge in [0.15, 0.2) is 0 Å². The first-order valence-corrected chi connectivity index (χ1v) is 3.11. The fraction of sp³-hybridized carbons (Fsp3) is 0. The van der Waals surface area contributed by atoms with Gasteiger partial charge in [0.05, 0.1) is 18.1 Å². The fourth-order valence-corrected chi connectivity index (χ4v) is 0.919. The molecule has 0 spiro atoms. The number of fused-ring (bicyclic) bond motifs is 1. The van der Waals surface area contributed by atoms with Crippen LogP contribution in [-0.4, -0.2) is 14.4 Å². The Morgan fingerprint density at radius 1 is 1.27 bits per heavy atom. The molecule has 0 saturated heterocycles. The molecule has 2 rings (SSSR count). The van der Waals surface area contributed by atoms with Crippen LogP contribution in [0.2, 0.25) is 0 Å². The number of hydrogen-bond acceptors (Lipinski definition) is 4. The predicted molar refractivity (Wildman–Crippen MR) is 41.8 cm³/mol. The smallest absolute Gasteiger partial charge is 0.235 e. The van der Waals surface area contributed by atoms with Crippen LogP contribution in [0.1, 0.15) is 0 Å². The molecule has 2 aromatic heterocycles. The highest BCUT2D eigenvalue weighted by atomic mass is 15.1. The first-order chi connectivity index (χ1) is 5.25.